The number of ketones is 1. The summed E-state index contributed by atoms with van der Waals surface area (Å²) in [6.07, 6.45) is 0.491. The summed E-state index contributed by atoms with van der Waals surface area (Å²) in [6, 6.07) is 16.7. The van der Waals surface area contributed by atoms with Gasteiger partial charge < -0.3 is 9.47 Å². The highest BCUT2D eigenvalue weighted by molar-refractivity contribution is 5.96. The number of carbonyl (C=O) groups excluding carboxylic acids is 1. The van der Waals surface area contributed by atoms with Gasteiger partial charge in [-0.25, -0.2) is 0 Å². The molecule has 110 valence electrons. The summed E-state index contributed by atoms with van der Waals surface area (Å²) >= 11 is 0. The summed E-state index contributed by atoms with van der Waals surface area (Å²) in [5.74, 6) is 1.63. The fourth-order valence-corrected chi connectivity index (χ4v) is 1.91. The minimum absolute atomic E-state index is 0.0713. The van der Waals surface area contributed by atoms with E-state index in [0.717, 1.165) is 11.5 Å². The highest BCUT2D eigenvalue weighted by Gasteiger charge is 2.07. The van der Waals surface area contributed by atoms with E-state index in [4.69, 9.17) is 9.47 Å². The van der Waals surface area contributed by atoms with E-state index < -0.39 is 0 Å². The molecule has 0 aromatic heterocycles. The van der Waals surface area contributed by atoms with Gasteiger partial charge >= 0.3 is 0 Å². The van der Waals surface area contributed by atoms with E-state index in [1.165, 1.54) is 0 Å². The van der Waals surface area contributed by atoms with Crippen LogP contribution in [0.1, 0.15) is 30.6 Å². The van der Waals surface area contributed by atoms with E-state index in [0.29, 0.717) is 18.6 Å². The van der Waals surface area contributed by atoms with Gasteiger partial charge in [0.25, 0.3) is 0 Å². The van der Waals surface area contributed by atoms with Gasteiger partial charge in [-0.05, 0) is 50.2 Å². The molecule has 0 spiro atoms. The molecule has 2 aromatic carbocycles. The van der Waals surface area contributed by atoms with Crippen LogP contribution in [0.5, 0.6) is 11.5 Å². The van der Waals surface area contributed by atoms with Crippen molar-refractivity contribution in [2.75, 3.05) is 6.61 Å². The lowest BCUT2D eigenvalue weighted by Crippen LogP contribution is -2.08. The number of hydrogen-bond acceptors (Lipinski definition) is 3. The van der Waals surface area contributed by atoms with Gasteiger partial charge in [0.05, 0.1) is 12.7 Å². The third-order valence-corrected chi connectivity index (χ3v) is 2.89. The van der Waals surface area contributed by atoms with Crippen molar-refractivity contribution in [3.8, 4) is 11.5 Å². The molecule has 0 atom stereocenters. The summed E-state index contributed by atoms with van der Waals surface area (Å²) in [5, 5.41) is 0. The zero-order valence-electron chi connectivity index (χ0n) is 12.4. The van der Waals surface area contributed by atoms with Gasteiger partial charge in [-0.2, -0.15) is 0 Å². The molecule has 2 aromatic rings. The fraction of sp³-hybridized carbons (Fsp3) is 0.278. The number of benzene rings is 2. The van der Waals surface area contributed by atoms with Crippen molar-refractivity contribution in [1.29, 1.82) is 0 Å². The van der Waals surface area contributed by atoms with Gasteiger partial charge in [0, 0.05) is 12.0 Å². The zero-order chi connectivity index (χ0) is 15.1. The molecule has 2 rings (SSSR count). The Labute approximate surface area is 125 Å². The molecule has 0 unspecified atom stereocenters. The highest BCUT2D eigenvalue weighted by atomic mass is 16.5. The predicted molar refractivity (Wildman–Crippen MR) is 83.1 cm³/mol. The summed E-state index contributed by atoms with van der Waals surface area (Å²) in [5.41, 5.74) is 0.683. The van der Waals surface area contributed by atoms with Crippen LogP contribution in [0.3, 0.4) is 0 Å². The van der Waals surface area contributed by atoms with Crippen molar-refractivity contribution in [3.63, 3.8) is 0 Å². The van der Waals surface area contributed by atoms with Crippen LogP contribution < -0.4 is 9.47 Å². The maximum Gasteiger partial charge on any atom is 0.166 e. The van der Waals surface area contributed by atoms with E-state index in [-0.39, 0.29) is 11.9 Å². The van der Waals surface area contributed by atoms with E-state index in [9.17, 15) is 4.79 Å². The van der Waals surface area contributed by atoms with Gasteiger partial charge in [0.15, 0.2) is 5.78 Å². The molecular formula is C18H20O3. The SMILES string of the molecule is CC(C)Oc1ccc(C(=O)CCOc2ccccc2)cc1. The second kappa shape index (κ2) is 7.48. The Balaban J connectivity index is 1.83. The minimum Gasteiger partial charge on any atom is -0.493 e. The average Bonchev–Trinajstić information content (AvgIpc) is 2.48. The molecule has 0 aliphatic heterocycles. The standard InChI is InChI=1S/C18H20O3/c1-14(2)21-17-10-8-15(9-11-17)18(19)12-13-20-16-6-4-3-5-7-16/h3-11,14H,12-13H2,1-2H3. The van der Waals surface area contributed by atoms with Crippen LogP contribution in [-0.4, -0.2) is 18.5 Å². The van der Waals surface area contributed by atoms with Crippen molar-refractivity contribution in [2.24, 2.45) is 0 Å². The van der Waals surface area contributed by atoms with Crippen LogP contribution in [0.15, 0.2) is 54.6 Å². The Hall–Kier alpha value is -2.29. The first-order valence-electron chi connectivity index (χ1n) is 7.13. The topological polar surface area (TPSA) is 35.5 Å². The van der Waals surface area contributed by atoms with Crippen LogP contribution >= 0.6 is 0 Å². The van der Waals surface area contributed by atoms with Crippen LogP contribution in [0, 0.1) is 0 Å². The molecule has 0 saturated heterocycles. The molecule has 0 N–H and O–H groups in total. The van der Waals surface area contributed by atoms with Gasteiger partial charge in [-0.15, -0.1) is 0 Å². The first-order chi connectivity index (χ1) is 10.1. The average molecular weight is 284 g/mol. The number of para-hydroxylation sites is 1. The van der Waals surface area contributed by atoms with Gasteiger partial charge in [-0.1, -0.05) is 18.2 Å². The van der Waals surface area contributed by atoms with Gasteiger partial charge in [-0.3, -0.25) is 4.79 Å². The van der Waals surface area contributed by atoms with Crippen molar-refractivity contribution < 1.29 is 14.3 Å². The number of rotatable bonds is 7. The molecule has 0 radical (unpaired) electrons. The third-order valence-electron chi connectivity index (χ3n) is 2.89. The van der Waals surface area contributed by atoms with E-state index in [1.807, 2.05) is 56.3 Å². The molecule has 0 amide bonds. The maximum absolute atomic E-state index is 12.0. The lowest BCUT2D eigenvalue weighted by atomic mass is 10.1. The molecule has 0 aliphatic carbocycles. The first-order valence-corrected chi connectivity index (χ1v) is 7.13. The Morgan fingerprint density at radius 2 is 1.62 bits per heavy atom. The van der Waals surface area contributed by atoms with E-state index in [1.54, 1.807) is 12.1 Å². The van der Waals surface area contributed by atoms with Crippen LogP contribution in [0.25, 0.3) is 0 Å². The quantitative estimate of drug-likeness (QED) is 0.717. The normalized spacial score (nSPS) is 10.4. The molecule has 0 aliphatic rings. The highest BCUT2D eigenvalue weighted by Crippen LogP contribution is 2.15. The molecular weight excluding hydrogens is 264 g/mol. The monoisotopic (exact) mass is 284 g/mol. The second-order valence-electron chi connectivity index (χ2n) is 5.03. The lowest BCUT2D eigenvalue weighted by Gasteiger charge is -2.10. The molecule has 3 heteroatoms. The molecule has 21 heavy (non-hydrogen) atoms. The van der Waals surface area contributed by atoms with Crippen molar-refractivity contribution in [3.05, 3.63) is 60.2 Å². The van der Waals surface area contributed by atoms with E-state index in [2.05, 4.69) is 0 Å². The largest absolute Gasteiger partial charge is 0.493 e. The maximum atomic E-state index is 12.0. The minimum atomic E-state index is 0.0713. The summed E-state index contributed by atoms with van der Waals surface area (Å²) in [6.45, 7) is 4.33. The van der Waals surface area contributed by atoms with E-state index >= 15 is 0 Å². The van der Waals surface area contributed by atoms with Crippen LogP contribution in [0.2, 0.25) is 0 Å². The Bertz CT molecular complexity index is 559. The molecule has 0 saturated carbocycles. The second-order valence-corrected chi connectivity index (χ2v) is 5.03. The third kappa shape index (κ3) is 4.95. The Kier molecular flexibility index (Phi) is 5.38. The van der Waals surface area contributed by atoms with Crippen LogP contribution in [-0.2, 0) is 0 Å². The molecule has 0 heterocycles. The van der Waals surface area contributed by atoms with Crippen molar-refractivity contribution in [1.82, 2.24) is 0 Å². The van der Waals surface area contributed by atoms with Crippen molar-refractivity contribution in [2.45, 2.75) is 26.4 Å². The smallest absolute Gasteiger partial charge is 0.166 e. The summed E-state index contributed by atoms with van der Waals surface area (Å²) < 4.78 is 11.1. The lowest BCUT2D eigenvalue weighted by molar-refractivity contribution is 0.0962. The van der Waals surface area contributed by atoms with Gasteiger partial charge in [0.2, 0.25) is 0 Å². The molecule has 3 nitrogen and oxygen atoms in total. The Morgan fingerprint density at radius 3 is 2.24 bits per heavy atom. The van der Waals surface area contributed by atoms with Crippen molar-refractivity contribution >= 4 is 5.78 Å². The Morgan fingerprint density at radius 1 is 0.952 bits per heavy atom. The molecule has 0 bridgehead atoms. The van der Waals surface area contributed by atoms with Crippen LogP contribution in [0.4, 0.5) is 0 Å². The predicted octanol–water partition coefficient (Wildman–Crippen LogP) is 4.13. The zero-order valence-corrected chi connectivity index (χ0v) is 12.4. The summed E-state index contributed by atoms with van der Waals surface area (Å²) in [4.78, 5) is 12.0. The molecule has 0 fully saturated rings. The number of hydrogen-bond donors (Lipinski definition) is 0. The first kappa shape index (κ1) is 15.1. The fourth-order valence-electron chi connectivity index (χ4n) is 1.91. The number of carbonyl (C=O) groups is 1. The van der Waals surface area contributed by atoms with Gasteiger partial charge in [0.1, 0.15) is 11.5 Å². The summed E-state index contributed by atoms with van der Waals surface area (Å²) in [7, 11) is 0. The number of ether oxygens (including phenoxy) is 2. The number of Topliss-reactive ketones (excluding diaryl/α,β-unsaturated/α-hetero) is 1.